The molecular formula is C18H21FN2O4S. The maximum absolute atomic E-state index is 13.2. The van der Waals surface area contributed by atoms with Gasteiger partial charge in [-0.25, -0.2) is 17.5 Å². The summed E-state index contributed by atoms with van der Waals surface area (Å²) in [6.45, 7) is 3.51. The Balaban J connectivity index is 2.24. The van der Waals surface area contributed by atoms with E-state index < -0.39 is 21.7 Å². The lowest BCUT2D eigenvalue weighted by Crippen LogP contribution is -2.31. The van der Waals surface area contributed by atoms with Crippen molar-refractivity contribution < 1.29 is 22.3 Å². The van der Waals surface area contributed by atoms with Crippen molar-refractivity contribution in [3.05, 3.63) is 59.4 Å². The van der Waals surface area contributed by atoms with Crippen LogP contribution in [0.4, 0.5) is 4.39 Å². The third kappa shape index (κ3) is 5.03. The molecule has 0 spiro atoms. The highest BCUT2D eigenvalue weighted by molar-refractivity contribution is 7.89. The van der Waals surface area contributed by atoms with E-state index in [4.69, 9.17) is 4.74 Å². The van der Waals surface area contributed by atoms with E-state index in [-0.39, 0.29) is 28.8 Å². The first-order valence-corrected chi connectivity index (χ1v) is 9.44. The Labute approximate surface area is 152 Å². The highest BCUT2D eigenvalue weighted by Gasteiger charge is 2.22. The molecule has 0 saturated heterocycles. The van der Waals surface area contributed by atoms with Crippen molar-refractivity contribution in [3.63, 3.8) is 0 Å². The van der Waals surface area contributed by atoms with Crippen LogP contribution in [0.5, 0.6) is 5.75 Å². The molecule has 0 bridgehead atoms. The summed E-state index contributed by atoms with van der Waals surface area (Å²) in [5, 5.41) is 2.64. The van der Waals surface area contributed by atoms with Gasteiger partial charge in [0.1, 0.15) is 16.5 Å². The predicted molar refractivity (Wildman–Crippen MR) is 96.0 cm³/mol. The minimum Gasteiger partial charge on any atom is -0.495 e. The van der Waals surface area contributed by atoms with Gasteiger partial charge >= 0.3 is 0 Å². The second-order valence-corrected chi connectivity index (χ2v) is 7.64. The minimum atomic E-state index is -3.84. The first kappa shape index (κ1) is 19.9. The lowest BCUT2D eigenvalue weighted by molar-refractivity contribution is 0.0950. The zero-order valence-corrected chi connectivity index (χ0v) is 15.6. The van der Waals surface area contributed by atoms with Gasteiger partial charge in [-0.3, -0.25) is 4.79 Å². The fraction of sp³-hybridized carbons (Fsp3) is 0.278. The molecular weight excluding hydrogens is 359 g/mol. The van der Waals surface area contributed by atoms with Gasteiger partial charge in [-0.1, -0.05) is 12.1 Å². The number of hydrogen-bond acceptors (Lipinski definition) is 4. The van der Waals surface area contributed by atoms with Crippen LogP contribution >= 0.6 is 0 Å². The molecule has 0 fully saturated rings. The van der Waals surface area contributed by atoms with Crippen LogP contribution < -0.4 is 14.8 Å². The molecule has 2 aromatic rings. The van der Waals surface area contributed by atoms with Gasteiger partial charge in [-0.15, -0.1) is 0 Å². The van der Waals surface area contributed by atoms with Crippen LogP contribution in [0.3, 0.4) is 0 Å². The highest BCUT2D eigenvalue weighted by atomic mass is 32.2. The summed E-state index contributed by atoms with van der Waals surface area (Å²) in [6.07, 6.45) is 0. The average molecular weight is 380 g/mol. The number of nitrogens with one attached hydrogen (secondary N) is 2. The van der Waals surface area contributed by atoms with E-state index in [2.05, 4.69) is 10.0 Å². The van der Waals surface area contributed by atoms with E-state index in [0.29, 0.717) is 5.56 Å². The van der Waals surface area contributed by atoms with E-state index in [1.54, 1.807) is 26.0 Å². The number of rotatable bonds is 7. The summed E-state index contributed by atoms with van der Waals surface area (Å²) in [4.78, 5) is 12.2. The van der Waals surface area contributed by atoms with Crippen molar-refractivity contribution in [1.82, 2.24) is 10.0 Å². The van der Waals surface area contributed by atoms with Crippen molar-refractivity contribution >= 4 is 15.9 Å². The maximum Gasteiger partial charge on any atom is 0.251 e. The SMILES string of the molecule is COc1ccc(C(=O)NCc2cccc(F)c2)cc1S(=O)(=O)NC(C)C. The zero-order chi connectivity index (χ0) is 19.3. The molecule has 0 atom stereocenters. The molecule has 0 aliphatic rings. The first-order chi connectivity index (χ1) is 12.2. The molecule has 0 saturated carbocycles. The molecule has 2 rings (SSSR count). The quantitative estimate of drug-likeness (QED) is 0.773. The fourth-order valence-corrected chi connectivity index (χ4v) is 3.78. The Hall–Kier alpha value is -2.45. The van der Waals surface area contributed by atoms with E-state index in [9.17, 15) is 17.6 Å². The average Bonchev–Trinajstić information content (AvgIpc) is 2.58. The smallest absolute Gasteiger partial charge is 0.251 e. The Bertz CT molecular complexity index is 898. The van der Waals surface area contributed by atoms with E-state index in [0.717, 1.165) is 0 Å². The van der Waals surface area contributed by atoms with Crippen molar-refractivity contribution in [2.75, 3.05) is 7.11 Å². The summed E-state index contributed by atoms with van der Waals surface area (Å²) in [5.41, 5.74) is 0.757. The number of halogens is 1. The molecule has 0 aliphatic carbocycles. The second-order valence-electron chi connectivity index (χ2n) is 5.95. The van der Waals surface area contributed by atoms with Gasteiger partial charge in [0.25, 0.3) is 5.91 Å². The number of carbonyl (C=O) groups is 1. The lowest BCUT2D eigenvalue weighted by atomic mass is 10.2. The Morgan fingerprint density at radius 2 is 1.92 bits per heavy atom. The number of ether oxygens (including phenoxy) is 1. The largest absolute Gasteiger partial charge is 0.495 e. The molecule has 0 aliphatic heterocycles. The van der Waals surface area contributed by atoms with Gasteiger partial charge in [-0.05, 0) is 49.7 Å². The second kappa shape index (κ2) is 8.29. The maximum atomic E-state index is 13.2. The van der Waals surface area contributed by atoms with Crippen molar-refractivity contribution in [2.24, 2.45) is 0 Å². The standard InChI is InChI=1S/C18H21FN2O4S/c1-12(2)21-26(23,24)17-10-14(7-8-16(17)25-3)18(22)20-11-13-5-4-6-15(19)9-13/h4-10,12,21H,11H2,1-3H3,(H,20,22). The third-order valence-corrected chi connectivity index (χ3v) is 5.13. The van der Waals surface area contributed by atoms with Crippen LogP contribution in [0.25, 0.3) is 0 Å². The number of benzene rings is 2. The van der Waals surface area contributed by atoms with Gasteiger partial charge in [0, 0.05) is 18.2 Å². The van der Waals surface area contributed by atoms with Crippen LogP contribution in [0.2, 0.25) is 0 Å². The van der Waals surface area contributed by atoms with E-state index >= 15 is 0 Å². The number of amides is 1. The summed E-state index contributed by atoms with van der Waals surface area (Å²) >= 11 is 0. The summed E-state index contributed by atoms with van der Waals surface area (Å²) < 4.78 is 45.6. The van der Waals surface area contributed by atoms with Crippen molar-refractivity contribution in [3.8, 4) is 5.75 Å². The predicted octanol–water partition coefficient (Wildman–Crippen LogP) is 2.45. The van der Waals surface area contributed by atoms with Crippen molar-refractivity contribution in [1.29, 1.82) is 0 Å². The topological polar surface area (TPSA) is 84.5 Å². The van der Waals surface area contributed by atoms with Crippen LogP contribution in [-0.2, 0) is 16.6 Å². The first-order valence-electron chi connectivity index (χ1n) is 7.96. The number of methoxy groups -OCH3 is 1. The third-order valence-electron chi connectivity index (χ3n) is 3.45. The van der Waals surface area contributed by atoms with E-state index in [1.807, 2.05) is 0 Å². The number of carbonyl (C=O) groups excluding carboxylic acids is 1. The Kier molecular flexibility index (Phi) is 6.33. The Morgan fingerprint density at radius 1 is 1.19 bits per heavy atom. The van der Waals surface area contributed by atoms with E-state index in [1.165, 1.54) is 37.4 Å². The molecule has 26 heavy (non-hydrogen) atoms. The summed E-state index contributed by atoms with van der Waals surface area (Å²) in [7, 11) is -2.48. The summed E-state index contributed by atoms with van der Waals surface area (Å²) in [6, 6.07) is 9.69. The van der Waals surface area contributed by atoms with Gasteiger partial charge < -0.3 is 10.1 Å². The van der Waals surface area contributed by atoms with Crippen LogP contribution in [-0.4, -0.2) is 27.5 Å². The molecule has 2 aromatic carbocycles. The fourth-order valence-electron chi connectivity index (χ4n) is 2.33. The molecule has 0 heterocycles. The molecule has 6 nitrogen and oxygen atoms in total. The molecule has 0 radical (unpaired) electrons. The van der Waals surface area contributed by atoms with Gasteiger partial charge in [0.15, 0.2) is 0 Å². The normalized spacial score (nSPS) is 11.4. The molecule has 8 heteroatoms. The summed E-state index contributed by atoms with van der Waals surface area (Å²) in [5.74, 6) is -0.730. The number of hydrogen-bond donors (Lipinski definition) is 2. The van der Waals surface area contributed by atoms with Crippen LogP contribution in [0.15, 0.2) is 47.4 Å². The minimum absolute atomic E-state index is 0.118. The molecule has 0 aromatic heterocycles. The van der Waals surface area contributed by atoms with Gasteiger partial charge in [0.05, 0.1) is 7.11 Å². The zero-order valence-electron chi connectivity index (χ0n) is 14.7. The monoisotopic (exact) mass is 380 g/mol. The van der Waals surface area contributed by atoms with Crippen molar-refractivity contribution in [2.45, 2.75) is 31.3 Å². The van der Waals surface area contributed by atoms with Gasteiger partial charge in [-0.2, -0.15) is 0 Å². The van der Waals surface area contributed by atoms with Crippen LogP contribution in [0, 0.1) is 5.82 Å². The molecule has 0 unspecified atom stereocenters. The lowest BCUT2D eigenvalue weighted by Gasteiger charge is -2.14. The molecule has 140 valence electrons. The highest BCUT2D eigenvalue weighted by Crippen LogP contribution is 2.25. The Morgan fingerprint density at radius 3 is 2.54 bits per heavy atom. The molecule has 2 N–H and O–H groups in total. The van der Waals surface area contributed by atoms with Crippen LogP contribution in [0.1, 0.15) is 29.8 Å². The number of sulfonamides is 1. The van der Waals surface area contributed by atoms with Gasteiger partial charge in [0.2, 0.25) is 10.0 Å². The molecule has 1 amide bonds.